The molecule has 0 unspecified atom stereocenters. The van der Waals surface area contributed by atoms with E-state index in [2.05, 4.69) is 15.0 Å². The Morgan fingerprint density at radius 3 is 2.28 bits per heavy atom. The van der Waals surface area contributed by atoms with Gasteiger partial charge in [0.05, 0.1) is 17.5 Å². The van der Waals surface area contributed by atoms with Crippen LogP contribution in [0, 0.1) is 0 Å². The quantitative estimate of drug-likeness (QED) is 0.280. The standard InChI is InChI=1S/C24H17ClF2N4O5/c25-19-17-20(29-12-28-19)31(13-30-17)21-18(36-23(33)15-9-5-2-6-10-15)24(26,27)16(35-21)11-34-22(32)14-7-3-1-4-8-14/h1-10,12-13,16,18,21H,11H2/t16-,18+,21-/m0/s1. The predicted octanol–water partition coefficient (Wildman–Crippen LogP) is 4.10. The number of rotatable bonds is 6. The van der Waals surface area contributed by atoms with Crippen molar-refractivity contribution in [2.45, 2.75) is 24.4 Å². The van der Waals surface area contributed by atoms with Crippen molar-refractivity contribution >= 4 is 34.7 Å². The van der Waals surface area contributed by atoms with Crippen molar-refractivity contribution < 1.29 is 32.6 Å². The largest absolute Gasteiger partial charge is 0.459 e. The van der Waals surface area contributed by atoms with Gasteiger partial charge in [-0.3, -0.25) is 4.57 Å². The maximum absolute atomic E-state index is 15.6. The summed E-state index contributed by atoms with van der Waals surface area (Å²) < 4.78 is 48.4. The Morgan fingerprint density at radius 2 is 1.61 bits per heavy atom. The van der Waals surface area contributed by atoms with Gasteiger partial charge in [0, 0.05) is 0 Å². The van der Waals surface area contributed by atoms with Gasteiger partial charge in [-0.05, 0) is 24.3 Å². The number of halogens is 3. The molecule has 5 rings (SSSR count). The van der Waals surface area contributed by atoms with E-state index in [1.807, 2.05) is 0 Å². The predicted molar refractivity (Wildman–Crippen MR) is 122 cm³/mol. The lowest BCUT2D eigenvalue weighted by Gasteiger charge is -2.24. The number of nitrogens with zero attached hydrogens (tertiary/aromatic N) is 4. The van der Waals surface area contributed by atoms with E-state index in [4.69, 9.17) is 25.8 Å². The number of esters is 2. The van der Waals surface area contributed by atoms with Crippen LogP contribution in [0.2, 0.25) is 5.15 Å². The summed E-state index contributed by atoms with van der Waals surface area (Å²) in [6.07, 6.45) is -3.26. The van der Waals surface area contributed by atoms with Gasteiger partial charge in [0.25, 0.3) is 0 Å². The molecule has 0 radical (unpaired) electrons. The zero-order valence-corrected chi connectivity index (χ0v) is 19.1. The van der Waals surface area contributed by atoms with Crippen LogP contribution in [0.1, 0.15) is 26.9 Å². The van der Waals surface area contributed by atoms with E-state index in [0.717, 1.165) is 6.33 Å². The molecule has 0 N–H and O–H groups in total. The van der Waals surface area contributed by atoms with E-state index in [1.54, 1.807) is 36.4 Å². The highest BCUT2D eigenvalue weighted by Gasteiger charge is 2.62. The summed E-state index contributed by atoms with van der Waals surface area (Å²) in [4.78, 5) is 37.0. The molecule has 0 aliphatic carbocycles. The van der Waals surface area contributed by atoms with Gasteiger partial charge in [-0.1, -0.05) is 48.0 Å². The number of carbonyl (C=O) groups excluding carboxylic acids is 2. The first-order valence-corrected chi connectivity index (χ1v) is 11.1. The summed E-state index contributed by atoms with van der Waals surface area (Å²) in [5, 5.41) is 0.00896. The van der Waals surface area contributed by atoms with Crippen LogP contribution in [-0.4, -0.2) is 56.2 Å². The van der Waals surface area contributed by atoms with Gasteiger partial charge < -0.3 is 14.2 Å². The molecule has 36 heavy (non-hydrogen) atoms. The van der Waals surface area contributed by atoms with Gasteiger partial charge in [-0.15, -0.1) is 0 Å². The molecular weight excluding hydrogens is 498 g/mol. The molecule has 2 aromatic heterocycles. The molecule has 0 bridgehead atoms. The van der Waals surface area contributed by atoms with Crippen molar-refractivity contribution in [2.75, 3.05) is 6.61 Å². The summed E-state index contributed by atoms with van der Waals surface area (Å²) in [5.74, 6) is -5.53. The Labute approximate surface area is 207 Å². The highest BCUT2D eigenvalue weighted by Crippen LogP contribution is 2.44. The fourth-order valence-corrected chi connectivity index (χ4v) is 3.96. The summed E-state index contributed by atoms with van der Waals surface area (Å²) in [6, 6.07) is 15.6. The highest BCUT2D eigenvalue weighted by atomic mass is 35.5. The van der Waals surface area contributed by atoms with Gasteiger partial charge in [-0.25, -0.2) is 24.5 Å². The molecule has 1 aliphatic heterocycles. The van der Waals surface area contributed by atoms with Crippen molar-refractivity contribution in [1.29, 1.82) is 0 Å². The average molecular weight is 515 g/mol. The van der Waals surface area contributed by atoms with Crippen molar-refractivity contribution in [3.05, 3.63) is 89.6 Å². The third-order valence-corrected chi connectivity index (χ3v) is 5.85. The van der Waals surface area contributed by atoms with Gasteiger partial charge in [0.2, 0.25) is 6.10 Å². The van der Waals surface area contributed by atoms with Crippen LogP contribution in [0.15, 0.2) is 73.3 Å². The summed E-state index contributed by atoms with van der Waals surface area (Å²) >= 11 is 6.05. The molecule has 1 saturated heterocycles. The van der Waals surface area contributed by atoms with Crippen molar-refractivity contribution in [3.8, 4) is 0 Å². The number of carbonyl (C=O) groups is 2. The minimum atomic E-state index is -3.75. The first-order chi connectivity index (χ1) is 17.4. The van der Waals surface area contributed by atoms with Crippen molar-refractivity contribution in [3.63, 3.8) is 0 Å². The van der Waals surface area contributed by atoms with Gasteiger partial charge in [-0.2, -0.15) is 8.78 Å². The highest BCUT2D eigenvalue weighted by molar-refractivity contribution is 6.33. The fraction of sp³-hybridized carbons (Fsp3) is 0.208. The van der Waals surface area contributed by atoms with E-state index >= 15 is 8.78 Å². The molecule has 0 saturated carbocycles. The number of fused-ring (bicyclic) bond motifs is 1. The normalized spacial score (nSPS) is 20.8. The summed E-state index contributed by atoms with van der Waals surface area (Å²) in [7, 11) is 0. The molecule has 4 aromatic rings. The Morgan fingerprint density at radius 1 is 0.972 bits per heavy atom. The lowest BCUT2D eigenvalue weighted by molar-refractivity contribution is -0.127. The first-order valence-electron chi connectivity index (χ1n) is 10.7. The van der Waals surface area contributed by atoms with Crippen LogP contribution < -0.4 is 0 Å². The third kappa shape index (κ3) is 4.38. The number of aromatic nitrogens is 4. The second-order valence-electron chi connectivity index (χ2n) is 7.83. The lowest BCUT2D eigenvalue weighted by Crippen LogP contribution is -2.44. The first kappa shape index (κ1) is 23.8. The van der Waals surface area contributed by atoms with E-state index in [1.165, 1.54) is 35.2 Å². The Balaban J connectivity index is 1.45. The molecule has 0 spiro atoms. The molecular formula is C24H17ClF2N4O5. The third-order valence-electron chi connectivity index (χ3n) is 5.58. The van der Waals surface area contributed by atoms with Gasteiger partial charge >= 0.3 is 17.9 Å². The molecule has 0 amide bonds. The van der Waals surface area contributed by atoms with Crippen LogP contribution in [0.25, 0.3) is 11.2 Å². The zero-order chi connectivity index (χ0) is 25.3. The van der Waals surface area contributed by atoms with Crippen LogP contribution in [0.3, 0.4) is 0 Å². The minimum Gasteiger partial charge on any atom is -0.459 e. The number of alkyl halides is 2. The maximum atomic E-state index is 15.6. The topological polar surface area (TPSA) is 105 Å². The SMILES string of the molecule is O=C(OC[C@@H]1O[C@H](n2cnc3c(Cl)ncnc32)[C@@H](OC(=O)c2ccccc2)C1(F)F)c1ccccc1. The van der Waals surface area contributed by atoms with Crippen LogP contribution >= 0.6 is 11.6 Å². The zero-order valence-electron chi connectivity index (χ0n) is 18.3. The second kappa shape index (κ2) is 9.59. The molecule has 3 heterocycles. The monoisotopic (exact) mass is 514 g/mol. The van der Waals surface area contributed by atoms with Crippen LogP contribution in [0.4, 0.5) is 8.78 Å². The number of benzene rings is 2. The molecule has 184 valence electrons. The fourth-order valence-electron chi connectivity index (χ4n) is 3.78. The Hall–Kier alpha value is -3.96. The van der Waals surface area contributed by atoms with Crippen LogP contribution in [0.5, 0.6) is 0 Å². The smallest absolute Gasteiger partial charge is 0.338 e. The minimum absolute atomic E-state index is 0.00896. The van der Waals surface area contributed by atoms with Crippen molar-refractivity contribution in [1.82, 2.24) is 19.5 Å². The van der Waals surface area contributed by atoms with E-state index < -0.39 is 42.9 Å². The molecule has 3 atom stereocenters. The molecule has 1 aliphatic rings. The summed E-state index contributed by atoms with van der Waals surface area (Å²) in [6.45, 7) is -0.793. The molecule has 9 nitrogen and oxygen atoms in total. The number of hydrogen-bond donors (Lipinski definition) is 0. The maximum Gasteiger partial charge on any atom is 0.338 e. The molecule has 1 fully saturated rings. The molecule has 12 heteroatoms. The van der Waals surface area contributed by atoms with E-state index in [-0.39, 0.29) is 27.4 Å². The average Bonchev–Trinajstić information content (AvgIpc) is 3.43. The van der Waals surface area contributed by atoms with Crippen LogP contribution in [-0.2, 0) is 14.2 Å². The Bertz CT molecular complexity index is 1400. The van der Waals surface area contributed by atoms with Crippen molar-refractivity contribution in [2.24, 2.45) is 0 Å². The number of hydrogen-bond acceptors (Lipinski definition) is 8. The van der Waals surface area contributed by atoms with E-state index in [9.17, 15) is 9.59 Å². The Kier molecular flexibility index (Phi) is 6.33. The number of ether oxygens (including phenoxy) is 3. The van der Waals surface area contributed by atoms with Gasteiger partial charge in [0.15, 0.2) is 23.1 Å². The summed E-state index contributed by atoms with van der Waals surface area (Å²) in [5.41, 5.74) is 0.512. The second-order valence-corrected chi connectivity index (χ2v) is 8.19. The van der Waals surface area contributed by atoms with E-state index in [0.29, 0.717) is 0 Å². The van der Waals surface area contributed by atoms with Gasteiger partial charge in [0.1, 0.15) is 18.5 Å². The lowest BCUT2D eigenvalue weighted by atomic mass is 10.1. The molecule has 2 aromatic carbocycles. The number of imidazole rings is 1.